The number of benzene rings is 2. The van der Waals surface area contributed by atoms with E-state index in [1.54, 1.807) is 25.1 Å². The lowest BCUT2D eigenvalue weighted by molar-refractivity contribution is -0.145. The summed E-state index contributed by atoms with van der Waals surface area (Å²) >= 11 is 8.01. The van der Waals surface area contributed by atoms with Gasteiger partial charge < -0.3 is 14.8 Å². The molecule has 30 heavy (non-hydrogen) atoms. The van der Waals surface area contributed by atoms with Gasteiger partial charge in [-0.05, 0) is 98.6 Å². The van der Waals surface area contributed by atoms with Crippen molar-refractivity contribution in [2.75, 3.05) is 13.2 Å². The van der Waals surface area contributed by atoms with Crippen LogP contribution in [-0.2, 0) is 14.3 Å². The summed E-state index contributed by atoms with van der Waals surface area (Å²) in [6.45, 7) is 1.79. The average molecular weight is 558 g/mol. The number of esters is 1. The smallest absolute Gasteiger partial charge is 0.344 e. The van der Waals surface area contributed by atoms with Crippen molar-refractivity contribution in [2.24, 2.45) is 4.99 Å². The van der Waals surface area contributed by atoms with E-state index < -0.39 is 5.97 Å². The van der Waals surface area contributed by atoms with Crippen LogP contribution in [0.5, 0.6) is 5.75 Å². The van der Waals surface area contributed by atoms with Gasteiger partial charge in [-0.25, -0.2) is 14.2 Å². The highest BCUT2D eigenvalue weighted by atomic mass is 79.9. The summed E-state index contributed by atoms with van der Waals surface area (Å²) in [5.74, 6) is -0.647. The second-order valence-electron chi connectivity index (χ2n) is 5.87. The normalized spacial score (nSPS) is 16.1. The molecule has 156 valence electrons. The first-order chi connectivity index (χ1) is 14.4. The Kier molecular flexibility index (Phi) is 7.68. The first-order valence-electron chi connectivity index (χ1n) is 8.68. The molecule has 2 aromatic carbocycles. The van der Waals surface area contributed by atoms with Crippen molar-refractivity contribution >= 4 is 72.4 Å². The number of aliphatic imine (C=N–C) groups is 1. The molecule has 0 aromatic heterocycles. The monoisotopic (exact) mass is 556 g/mol. The fourth-order valence-corrected chi connectivity index (χ4v) is 4.69. The minimum atomic E-state index is -0.463. The van der Waals surface area contributed by atoms with Crippen LogP contribution in [0.2, 0.25) is 0 Å². The largest absolute Gasteiger partial charge is 0.480 e. The molecule has 0 bridgehead atoms. The highest BCUT2D eigenvalue weighted by molar-refractivity contribution is 9.11. The summed E-state index contributed by atoms with van der Waals surface area (Å²) in [6, 6.07) is 9.19. The van der Waals surface area contributed by atoms with Crippen LogP contribution in [-0.4, -0.2) is 30.3 Å². The molecule has 1 fully saturated rings. The fourth-order valence-electron chi connectivity index (χ4n) is 2.40. The molecule has 1 heterocycles. The van der Waals surface area contributed by atoms with Crippen LogP contribution in [0.15, 0.2) is 55.2 Å². The first-order valence-corrected chi connectivity index (χ1v) is 11.1. The highest BCUT2D eigenvalue weighted by Crippen LogP contribution is 2.36. The van der Waals surface area contributed by atoms with Crippen molar-refractivity contribution in [3.8, 4) is 5.75 Å². The van der Waals surface area contributed by atoms with Crippen LogP contribution in [0.1, 0.15) is 12.5 Å². The summed E-state index contributed by atoms with van der Waals surface area (Å²) in [5, 5.41) is 3.09. The average Bonchev–Trinajstić information content (AvgIpc) is 3.02. The van der Waals surface area contributed by atoms with Gasteiger partial charge in [-0.15, -0.1) is 0 Å². The van der Waals surface area contributed by atoms with E-state index in [9.17, 15) is 14.0 Å². The van der Waals surface area contributed by atoms with Crippen molar-refractivity contribution in [3.05, 3.63) is 61.6 Å². The maximum Gasteiger partial charge on any atom is 0.344 e. The van der Waals surface area contributed by atoms with Gasteiger partial charge in [0, 0.05) is 0 Å². The van der Waals surface area contributed by atoms with Crippen LogP contribution < -0.4 is 10.1 Å². The van der Waals surface area contributed by atoms with Crippen LogP contribution in [0.3, 0.4) is 0 Å². The van der Waals surface area contributed by atoms with Gasteiger partial charge in [0.15, 0.2) is 11.8 Å². The third-order valence-electron chi connectivity index (χ3n) is 3.67. The highest BCUT2D eigenvalue weighted by Gasteiger charge is 2.24. The van der Waals surface area contributed by atoms with Gasteiger partial charge in [0.25, 0.3) is 5.91 Å². The lowest BCUT2D eigenvalue weighted by Gasteiger charge is -2.11. The molecule has 1 aliphatic heterocycles. The molecular weight excluding hydrogens is 543 g/mol. The number of hydrogen-bond acceptors (Lipinski definition) is 6. The van der Waals surface area contributed by atoms with Crippen LogP contribution in [0, 0.1) is 5.82 Å². The maximum atomic E-state index is 13.0. The third kappa shape index (κ3) is 5.93. The molecule has 1 aliphatic rings. The Bertz CT molecular complexity index is 1020. The molecule has 10 heteroatoms. The van der Waals surface area contributed by atoms with Gasteiger partial charge in [0.05, 0.1) is 26.1 Å². The number of ether oxygens (including phenoxy) is 2. The van der Waals surface area contributed by atoms with E-state index in [0.29, 0.717) is 30.5 Å². The molecule has 2 aromatic rings. The summed E-state index contributed by atoms with van der Waals surface area (Å²) in [4.78, 5) is 28.5. The summed E-state index contributed by atoms with van der Waals surface area (Å²) in [5.41, 5.74) is 1.27. The molecule has 0 atom stereocenters. The first kappa shape index (κ1) is 22.5. The Morgan fingerprint density at radius 3 is 2.53 bits per heavy atom. The van der Waals surface area contributed by atoms with Gasteiger partial charge in [-0.1, -0.05) is 0 Å². The Labute approximate surface area is 193 Å². The third-order valence-corrected chi connectivity index (χ3v) is 5.75. The van der Waals surface area contributed by atoms with Crippen LogP contribution in [0.4, 0.5) is 10.1 Å². The predicted molar refractivity (Wildman–Crippen MR) is 121 cm³/mol. The Hall–Kier alpha value is -2.17. The Morgan fingerprint density at radius 2 is 1.90 bits per heavy atom. The molecule has 6 nitrogen and oxygen atoms in total. The minimum absolute atomic E-state index is 0.215. The number of amides is 1. The Balaban J connectivity index is 1.75. The van der Waals surface area contributed by atoms with Gasteiger partial charge >= 0.3 is 5.97 Å². The van der Waals surface area contributed by atoms with E-state index >= 15 is 0 Å². The van der Waals surface area contributed by atoms with E-state index in [0.717, 1.165) is 5.56 Å². The molecule has 1 amide bonds. The van der Waals surface area contributed by atoms with E-state index in [2.05, 4.69) is 42.2 Å². The number of thioether (sulfide) groups is 1. The maximum absolute atomic E-state index is 13.0. The van der Waals surface area contributed by atoms with Crippen molar-refractivity contribution < 1.29 is 23.5 Å². The molecule has 0 saturated carbocycles. The predicted octanol–water partition coefficient (Wildman–Crippen LogP) is 5.18. The van der Waals surface area contributed by atoms with Crippen molar-refractivity contribution in [3.63, 3.8) is 0 Å². The van der Waals surface area contributed by atoms with Gasteiger partial charge in [-0.3, -0.25) is 4.79 Å². The van der Waals surface area contributed by atoms with Crippen molar-refractivity contribution in [1.82, 2.24) is 5.32 Å². The number of rotatable bonds is 6. The number of hydrogen-bond donors (Lipinski definition) is 1. The topological polar surface area (TPSA) is 77.0 Å². The molecule has 1 saturated heterocycles. The zero-order valence-corrected chi connectivity index (χ0v) is 19.6. The lowest BCUT2D eigenvalue weighted by atomic mass is 10.2. The van der Waals surface area contributed by atoms with E-state index in [1.165, 1.54) is 36.0 Å². The van der Waals surface area contributed by atoms with Gasteiger partial charge in [-0.2, -0.15) is 0 Å². The number of halogens is 3. The molecule has 0 unspecified atom stereocenters. The number of amidine groups is 1. The summed E-state index contributed by atoms with van der Waals surface area (Å²) in [6.07, 6.45) is 1.71. The number of nitrogens with zero attached hydrogens (tertiary/aromatic N) is 1. The van der Waals surface area contributed by atoms with Crippen molar-refractivity contribution in [2.45, 2.75) is 6.92 Å². The molecule has 3 rings (SSSR count). The standard InChI is InChI=1S/C20H15Br2FN2O4S/c1-2-28-17(26)10-29-18-14(21)7-11(8-15(18)22)9-16-19(27)25-20(30-16)24-13-5-3-12(23)4-6-13/h3-9H,2,10H2,1H3,(H,24,25,27)/b16-9+. The van der Waals surface area contributed by atoms with Crippen LogP contribution >= 0.6 is 43.6 Å². The zero-order valence-electron chi connectivity index (χ0n) is 15.6. The second-order valence-corrected chi connectivity index (χ2v) is 8.60. The summed E-state index contributed by atoms with van der Waals surface area (Å²) in [7, 11) is 0. The Morgan fingerprint density at radius 1 is 1.23 bits per heavy atom. The van der Waals surface area contributed by atoms with Crippen molar-refractivity contribution in [1.29, 1.82) is 0 Å². The molecule has 0 spiro atoms. The summed E-state index contributed by atoms with van der Waals surface area (Å²) < 4.78 is 24.6. The SMILES string of the molecule is CCOC(=O)COc1c(Br)cc(/C=C2/SC(=Nc3ccc(F)cc3)NC2=O)cc1Br. The fraction of sp³-hybridized carbons (Fsp3) is 0.150. The minimum Gasteiger partial charge on any atom is -0.480 e. The van der Waals surface area contributed by atoms with Crippen LogP contribution in [0.25, 0.3) is 6.08 Å². The second kappa shape index (κ2) is 10.2. The number of carbonyl (C=O) groups is 2. The van der Waals surface area contributed by atoms with Gasteiger partial charge in [0.2, 0.25) is 0 Å². The van der Waals surface area contributed by atoms with E-state index in [4.69, 9.17) is 9.47 Å². The van der Waals surface area contributed by atoms with E-state index in [-0.39, 0.29) is 24.9 Å². The van der Waals surface area contributed by atoms with E-state index in [1.807, 2.05) is 0 Å². The van der Waals surface area contributed by atoms with Gasteiger partial charge in [0.1, 0.15) is 11.6 Å². The number of nitrogens with one attached hydrogen (secondary N) is 1. The quantitative estimate of drug-likeness (QED) is 0.391. The molecular formula is C20H15Br2FN2O4S. The molecule has 0 radical (unpaired) electrons. The molecule has 0 aliphatic carbocycles. The number of carbonyl (C=O) groups excluding carboxylic acids is 2. The zero-order chi connectivity index (χ0) is 21.7. The lowest BCUT2D eigenvalue weighted by Crippen LogP contribution is -2.19. The molecule has 1 N–H and O–H groups in total.